The zero-order valence-electron chi connectivity index (χ0n) is 9.08. The maximum absolute atomic E-state index is 10.6. The van der Waals surface area contributed by atoms with Crippen molar-refractivity contribution >= 4 is 0 Å². The van der Waals surface area contributed by atoms with E-state index in [2.05, 4.69) is 11.8 Å². The SMILES string of the molecule is CC1CC(O)(C2CCC2)CN1C1CC1. The zero-order valence-corrected chi connectivity index (χ0v) is 9.08. The van der Waals surface area contributed by atoms with Crippen LogP contribution in [0.2, 0.25) is 0 Å². The summed E-state index contributed by atoms with van der Waals surface area (Å²) in [6, 6.07) is 1.44. The summed E-state index contributed by atoms with van der Waals surface area (Å²) in [5.74, 6) is 0.619. The maximum atomic E-state index is 10.6. The number of hydrogen-bond donors (Lipinski definition) is 1. The second-order valence-electron chi connectivity index (χ2n) is 5.69. The van der Waals surface area contributed by atoms with Gasteiger partial charge in [0.1, 0.15) is 0 Å². The molecule has 2 nitrogen and oxygen atoms in total. The lowest BCUT2D eigenvalue weighted by atomic mass is 9.72. The fourth-order valence-corrected chi connectivity index (χ4v) is 3.30. The molecule has 2 heteroatoms. The van der Waals surface area contributed by atoms with Crippen LogP contribution in [-0.4, -0.2) is 34.2 Å². The molecule has 80 valence electrons. The number of likely N-dealkylation sites (tertiary alicyclic amines) is 1. The van der Waals surface area contributed by atoms with Crippen molar-refractivity contribution < 1.29 is 5.11 Å². The van der Waals surface area contributed by atoms with Gasteiger partial charge in [-0.25, -0.2) is 0 Å². The predicted molar refractivity (Wildman–Crippen MR) is 56.1 cm³/mol. The number of nitrogens with zero attached hydrogens (tertiary/aromatic N) is 1. The van der Waals surface area contributed by atoms with E-state index in [0.717, 1.165) is 19.0 Å². The highest BCUT2D eigenvalue weighted by Gasteiger charge is 2.50. The van der Waals surface area contributed by atoms with Gasteiger partial charge in [0.2, 0.25) is 0 Å². The average molecular weight is 195 g/mol. The van der Waals surface area contributed by atoms with Gasteiger partial charge in [0.05, 0.1) is 5.60 Å². The van der Waals surface area contributed by atoms with Crippen molar-refractivity contribution in [2.24, 2.45) is 5.92 Å². The molecular weight excluding hydrogens is 174 g/mol. The first-order valence-electron chi connectivity index (χ1n) is 6.17. The van der Waals surface area contributed by atoms with Gasteiger partial charge >= 0.3 is 0 Å². The average Bonchev–Trinajstić information content (AvgIpc) is 2.75. The molecule has 2 atom stereocenters. The normalized spacial score (nSPS) is 45.4. The van der Waals surface area contributed by atoms with Crippen LogP contribution in [0.3, 0.4) is 0 Å². The molecule has 1 N–H and O–H groups in total. The second-order valence-corrected chi connectivity index (χ2v) is 5.69. The summed E-state index contributed by atoms with van der Waals surface area (Å²) in [7, 11) is 0. The van der Waals surface area contributed by atoms with Crippen molar-refractivity contribution in [1.29, 1.82) is 0 Å². The fraction of sp³-hybridized carbons (Fsp3) is 1.00. The third-order valence-electron chi connectivity index (χ3n) is 4.55. The van der Waals surface area contributed by atoms with Crippen LogP contribution >= 0.6 is 0 Å². The Labute approximate surface area is 86.3 Å². The van der Waals surface area contributed by atoms with Crippen LogP contribution in [0.15, 0.2) is 0 Å². The molecule has 3 aliphatic rings. The minimum Gasteiger partial charge on any atom is -0.388 e. The Morgan fingerprint density at radius 2 is 1.93 bits per heavy atom. The lowest BCUT2D eigenvalue weighted by Crippen LogP contribution is -2.44. The molecule has 14 heavy (non-hydrogen) atoms. The van der Waals surface area contributed by atoms with Crippen LogP contribution in [0.4, 0.5) is 0 Å². The molecule has 3 rings (SSSR count). The van der Waals surface area contributed by atoms with E-state index in [4.69, 9.17) is 0 Å². The molecule has 2 saturated carbocycles. The predicted octanol–water partition coefficient (Wildman–Crippen LogP) is 1.77. The summed E-state index contributed by atoms with van der Waals surface area (Å²) in [6.45, 7) is 3.25. The van der Waals surface area contributed by atoms with Crippen LogP contribution in [0.1, 0.15) is 45.4 Å². The minimum absolute atomic E-state index is 0.319. The summed E-state index contributed by atoms with van der Waals surface area (Å²) < 4.78 is 0. The molecule has 0 radical (unpaired) electrons. The largest absolute Gasteiger partial charge is 0.388 e. The van der Waals surface area contributed by atoms with Gasteiger partial charge in [0.15, 0.2) is 0 Å². The van der Waals surface area contributed by atoms with E-state index >= 15 is 0 Å². The number of aliphatic hydroxyl groups is 1. The van der Waals surface area contributed by atoms with Crippen molar-refractivity contribution in [2.45, 2.75) is 63.1 Å². The van der Waals surface area contributed by atoms with Gasteiger partial charge in [0, 0.05) is 18.6 Å². The summed E-state index contributed by atoms with van der Waals surface area (Å²) in [6.07, 6.45) is 7.62. The molecule has 0 aromatic rings. The first kappa shape index (κ1) is 9.17. The molecular formula is C12H21NO. The van der Waals surface area contributed by atoms with Crippen molar-refractivity contribution in [3.63, 3.8) is 0 Å². The topological polar surface area (TPSA) is 23.5 Å². The quantitative estimate of drug-likeness (QED) is 0.726. The van der Waals surface area contributed by atoms with Crippen LogP contribution in [0, 0.1) is 5.92 Å². The Bertz CT molecular complexity index is 234. The number of rotatable bonds is 2. The Morgan fingerprint density at radius 3 is 2.43 bits per heavy atom. The molecule has 1 heterocycles. The first-order chi connectivity index (χ1) is 6.69. The van der Waals surface area contributed by atoms with Gasteiger partial charge in [-0.2, -0.15) is 0 Å². The molecule has 3 fully saturated rings. The van der Waals surface area contributed by atoms with E-state index in [1.165, 1.54) is 32.1 Å². The van der Waals surface area contributed by atoms with Crippen molar-refractivity contribution in [1.82, 2.24) is 4.90 Å². The molecule has 0 amide bonds. The van der Waals surface area contributed by atoms with E-state index in [9.17, 15) is 5.11 Å². The highest BCUT2D eigenvalue weighted by atomic mass is 16.3. The standard InChI is InChI=1S/C12H21NO/c1-9-7-12(14,10-3-2-4-10)8-13(9)11-5-6-11/h9-11,14H,2-8H2,1H3. The van der Waals surface area contributed by atoms with Gasteiger partial charge < -0.3 is 5.11 Å². The van der Waals surface area contributed by atoms with Crippen LogP contribution in [0.25, 0.3) is 0 Å². The maximum Gasteiger partial charge on any atom is 0.0817 e. The first-order valence-corrected chi connectivity index (χ1v) is 6.17. The molecule has 0 aromatic heterocycles. The molecule has 2 aliphatic carbocycles. The van der Waals surface area contributed by atoms with Gasteiger partial charge in [-0.1, -0.05) is 6.42 Å². The van der Waals surface area contributed by atoms with E-state index in [1.54, 1.807) is 0 Å². The minimum atomic E-state index is -0.319. The van der Waals surface area contributed by atoms with Crippen LogP contribution < -0.4 is 0 Å². The van der Waals surface area contributed by atoms with Crippen molar-refractivity contribution in [2.75, 3.05) is 6.54 Å². The molecule has 2 unspecified atom stereocenters. The zero-order chi connectivity index (χ0) is 9.76. The number of hydrogen-bond acceptors (Lipinski definition) is 2. The van der Waals surface area contributed by atoms with Gasteiger partial charge in [-0.3, -0.25) is 4.90 Å². The van der Waals surface area contributed by atoms with Crippen LogP contribution in [0.5, 0.6) is 0 Å². The number of β-amino-alcohol motifs (C(OH)–C–C–N with tert-alkyl or cyclic N) is 1. The van der Waals surface area contributed by atoms with Crippen LogP contribution in [-0.2, 0) is 0 Å². The van der Waals surface area contributed by atoms with E-state index in [0.29, 0.717) is 12.0 Å². The van der Waals surface area contributed by atoms with Crippen molar-refractivity contribution in [3.05, 3.63) is 0 Å². The van der Waals surface area contributed by atoms with Gasteiger partial charge in [-0.15, -0.1) is 0 Å². The highest BCUT2D eigenvalue weighted by Crippen LogP contribution is 2.46. The summed E-state index contributed by atoms with van der Waals surface area (Å²) in [5, 5.41) is 10.6. The third-order valence-corrected chi connectivity index (χ3v) is 4.55. The van der Waals surface area contributed by atoms with E-state index in [1.807, 2.05) is 0 Å². The second kappa shape index (κ2) is 2.96. The molecule has 1 aliphatic heterocycles. The molecule has 0 bridgehead atoms. The lowest BCUT2D eigenvalue weighted by Gasteiger charge is -2.38. The van der Waals surface area contributed by atoms with Gasteiger partial charge in [0.25, 0.3) is 0 Å². The van der Waals surface area contributed by atoms with E-state index < -0.39 is 0 Å². The van der Waals surface area contributed by atoms with Crippen molar-refractivity contribution in [3.8, 4) is 0 Å². The Hall–Kier alpha value is -0.0800. The molecule has 0 spiro atoms. The molecule has 1 saturated heterocycles. The third kappa shape index (κ3) is 1.31. The Kier molecular flexibility index (Phi) is 1.94. The Morgan fingerprint density at radius 1 is 1.21 bits per heavy atom. The lowest BCUT2D eigenvalue weighted by molar-refractivity contribution is -0.0415. The summed E-state index contributed by atoms with van der Waals surface area (Å²) >= 11 is 0. The van der Waals surface area contributed by atoms with E-state index in [-0.39, 0.29) is 5.60 Å². The fourth-order valence-electron chi connectivity index (χ4n) is 3.30. The highest BCUT2D eigenvalue weighted by molar-refractivity contribution is 5.04. The molecule has 0 aromatic carbocycles. The summed E-state index contributed by atoms with van der Waals surface area (Å²) in [4.78, 5) is 2.55. The smallest absolute Gasteiger partial charge is 0.0817 e. The Balaban J connectivity index is 1.70. The summed E-state index contributed by atoms with van der Waals surface area (Å²) in [5.41, 5.74) is -0.319. The van der Waals surface area contributed by atoms with Gasteiger partial charge in [-0.05, 0) is 44.9 Å². The monoisotopic (exact) mass is 195 g/mol.